The minimum Gasteiger partial charge on any atom is -0.506 e. The van der Waals surface area contributed by atoms with Crippen LogP contribution in [0.1, 0.15) is 12.5 Å². The van der Waals surface area contributed by atoms with Crippen LogP contribution in [-0.4, -0.2) is 92.5 Å². The Kier molecular flexibility index (Phi) is 6.98. The molecule has 1 fully saturated rings. The van der Waals surface area contributed by atoms with Crippen LogP contribution in [0.25, 0.3) is 22.3 Å². The van der Waals surface area contributed by atoms with E-state index in [-0.39, 0.29) is 28.3 Å². The molecular weight excluding hydrogens is 613 g/mol. The number of hydrogen-bond acceptors (Lipinski definition) is 15. The van der Waals surface area contributed by atoms with Gasteiger partial charge in [0.1, 0.15) is 18.8 Å². The summed E-state index contributed by atoms with van der Waals surface area (Å²) in [6, 6.07) is 0. The summed E-state index contributed by atoms with van der Waals surface area (Å²) < 4.78 is 66.7. The van der Waals surface area contributed by atoms with Crippen LogP contribution >= 0.6 is 19.0 Å². The molecule has 0 bridgehead atoms. The zero-order valence-electron chi connectivity index (χ0n) is 20.6. The SMILES string of the molecule is Nc1nc2c(ncn2[C@@H]2O[C@H](CO)[C@@H](F)[C@H]2OP(=O)(S)OCC2=C(O)[C@H](F)[C@H](n3nnc4c(=O)[nH]cnc43)O2)c(=O)[nH]1. The lowest BCUT2D eigenvalue weighted by molar-refractivity contribution is -0.0468. The molecule has 4 aromatic rings. The fourth-order valence-electron chi connectivity index (χ4n) is 4.42. The number of H-pyrrole nitrogens is 2. The van der Waals surface area contributed by atoms with Crippen molar-refractivity contribution in [2.45, 2.75) is 37.0 Å². The minimum absolute atomic E-state index is 0.123. The quantitative estimate of drug-likeness (QED) is 0.106. The number of fused-ring (bicyclic) bond motifs is 2. The third-order valence-electron chi connectivity index (χ3n) is 6.35. The molecule has 0 spiro atoms. The summed E-state index contributed by atoms with van der Waals surface area (Å²) >= 11 is 3.85. The number of aromatic amines is 2. The second-order valence-corrected chi connectivity index (χ2v) is 11.8. The first kappa shape index (κ1) is 28.2. The molecule has 0 aliphatic carbocycles. The maximum atomic E-state index is 15.3. The van der Waals surface area contributed by atoms with Gasteiger partial charge in [-0.05, 0) is 0 Å². The third kappa shape index (κ3) is 4.70. The fourth-order valence-corrected chi connectivity index (χ4v) is 5.79. The Bertz CT molecular complexity index is 1880. The molecule has 6 rings (SSSR count). The fraction of sp³-hybridized carbons (Fsp3) is 0.421. The molecule has 0 aromatic carbocycles. The molecule has 0 radical (unpaired) electrons. The van der Waals surface area contributed by atoms with Crippen molar-refractivity contribution in [1.29, 1.82) is 0 Å². The third-order valence-corrected chi connectivity index (χ3v) is 7.95. The van der Waals surface area contributed by atoms with E-state index in [4.69, 9.17) is 24.3 Å². The summed E-state index contributed by atoms with van der Waals surface area (Å²) in [5.41, 5.74) is 3.61. The zero-order valence-corrected chi connectivity index (χ0v) is 22.4. The Morgan fingerprint density at radius 1 is 1.19 bits per heavy atom. The monoisotopic (exact) mass is 632 g/mol. The van der Waals surface area contributed by atoms with Crippen LogP contribution in [0.5, 0.6) is 0 Å². The summed E-state index contributed by atoms with van der Waals surface area (Å²) in [5, 5.41) is 27.1. The molecule has 2 aliphatic rings. The lowest BCUT2D eigenvalue weighted by Crippen LogP contribution is -2.31. The second-order valence-electron chi connectivity index (χ2n) is 8.94. The van der Waals surface area contributed by atoms with Gasteiger partial charge < -0.3 is 30.4 Å². The van der Waals surface area contributed by atoms with Crippen molar-refractivity contribution in [3.63, 3.8) is 0 Å². The molecule has 7 atom stereocenters. The second kappa shape index (κ2) is 10.4. The number of thiol groups is 1. The number of nitrogens with two attached hydrogens (primary N) is 1. The lowest BCUT2D eigenvalue weighted by Gasteiger charge is -2.24. The van der Waals surface area contributed by atoms with Gasteiger partial charge in [0.05, 0.1) is 19.3 Å². The van der Waals surface area contributed by atoms with Gasteiger partial charge in [-0.15, -0.1) is 5.10 Å². The van der Waals surface area contributed by atoms with E-state index < -0.39 is 79.7 Å². The maximum Gasteiger partial charge on any atom is 0.387 e. The van der Waals surface area contributed by atoms with Crippen molar-refractivity contribution in [1.82, 2.24) is 44.5 Å². The minimum atomic E-state index is -4.55. The molecule has 6 heterocycles. The van der Waals surface area contributed by atoms with Gasteiger partial charge in [-0.1, -0.05) is 17.5 Å². The van der Waals surface area contributed by atoms with E-state index in [1.54, 1.807) is 0 Å². The van der Waals surface area contributed by atoms with E-state index in [0.717, 1.165) is 21.9 Å². The molecule has 19 nitrogen and oxygen atoms in total. The standard InChI is InChI=1S/C19H19F2N10O9PS/c20-7-5(1-32)38-18(30-4-25-9-14(30)26-19(22)27-16(9)35)12(7)40-41(36,42)37-2-6-11(33)8(21)17(39-6)31-13-10(28-29-31)15(34)24-3-23-13/h3-5,7-8,12,17-18,32-33H,1-2H2,(H,36,42)(H,23,24,34)(H3,22,26,27,35)/t5-,7-,8+,12-,17-,18-,41?/m1/s1. The predicted octanol–water partition coefficient (Wildman–Crippen LogP) is -0.466. The van der Waals surface area contributed by atoms with E-state index in [0.29, 0.717) is 0 Å². The highest BCUT2D eigenvalue weighted by Gasteiger charge is 2.50. The van der Waals surface area contributed by atoms with Crippen LogP contribution in [0.2, 0.25) is 0 Å². The molecule has 6 N–H and O–H groups in total. The number of aliphatic hydroxyl groups excluding tert-OH is 2. The Morgan fingerprint density at radius 3 is 2.74 bits per heavy atom. The number of anilines is 1. The molecule has 1 saturated heterocycles. The van der Waals surface area contributed by atoms with E-state index in [1.165, 1.54) is 0 Å². The molecular formula is C19H19F2N10O9PS. The number of halogens is 2. The van der Waals surface area contributed by atoms with Crippen molar-refractivity contribution >= 4 is 47.3 Å². The highest BCUT2D eigenvalue weighted by atomic mass is 32.7. The maximum absolute atomic E-state index is 15.3. The van der Waals surface area contributed by atoms with Crippen molar-refractivity contribution in [3.05, 3.63) is 44.9 Å². The van der Waals surface area contributed by atoms with Crippen LogP contribution in [0.3, 0.4) is 0 Å². The van der Waals surface area contributed by atoms with Crippen LogP contribution in [-0.2, 0) is 23.1 Å². The first-order valence-corrected chi connectivity index (χ1v) is 14.5. The number of nitrogens with zero attached hydrogens (tertiary/aromatic N) is 7. The zero-order chi connectivity index (χ0) is 29.9. The number of nitrogen functional groups attached to an aromatic ring is 1. The van der Waals surface area contributed by atoms with Crippen LogP contribution in [0.4, 0.5) is 14.7 Å². The number of aromatic nitrogens is 9. The Balaban J connectivity index is 1.20. The number of rotatable bonds is 8. The van der Waals surface area contributed by atoms with Gasteiger partial charge >= 0.3 is 6.80 Å². The first-order chi connectivity index (χ1) is 20.0. The Morgan fingerprint density at radius 2 is 1.98 bits per heavy atom. The molecule has 42 heavy (non-hydrogen) atoms. The summed E-state index contributed by atoms with van der Waals surface area (Å²) in [4.78, 5) is 40.3. The van der Waals surface area contributed by atoms with Crippen molar-refractivity contribution in [3.8, 4) is 0 Å². The average molecular weight is 632 g/mol. The summed E-state index contributed by atoms with van der Waals surface area (Å²) in [6.45, 7) is -6.23. The molecule has 224 valence electrons. The predicted molar refractivity (Wildman–Crippen MR) is 136 cm³/mol. The van der Waals surface area contributed by atoms with Crippen LogP contribution in [0, 0.1) is 0 Å². The molecule has 0 saturated carbocycles. The number of imidazole rings is 1. The number of hydrogen-bond donors (Lipinski definition) is 6. The smallest absolute Gasteiger partial charge is 0.387 e. The molecule has 0 amide bonds. The van der Waals surface area contributed by atoms with Crippen molar-refractivity contribution < 1.29 is 42.1 Å². The Labute approximate surface area is 235 Å². The highest BCUT2D eigenvalue weighted by Crippen LogP contribution is 2.57. The van der Waals surface area contributed by atoms with E-state index in [1.807, 2.05) is 0 Å². The number of aliphatic hydroxyl groups is 2. The number of alkyl halides is 2. The van der Waals surface area contributed by atoms with Crippen molar-refractivity contribution in [2.24, 2.45) is 0 Å². The van der Waals surface area contributed by atoms with Crippen LogP contribution < -0.4 is 16.9 Å². The summed E-state index contributed by atoms with van der Waals surface area (Å²) in [7, 11) is 0. The topological polar surface area (TPSA) is 260 Å². The molecule has 4 aromatic heterocycles. The van der Waals surface area contributed by atoms with Gasteiger partial charge in [0.2, 0.25) is 18.3 Å². The van der Waals surface area contributed by atoms with Gasteiger partial charge in [-0.3, -0.25) is 28.2 Å². The largest absolute Gasteiger partial charge is 0.506 e. The van der Waals surface area contributed by atoms with Gasteiger partial charge in [0.25, 0.3) is 11.1 Å². The van der Waals surface area contributed by atoms with Gasteiger partial charge in [0, 0.05) is 0 Å². The number of ether oxygens (including phenoxy) is 2. The molecule has 1 unspecified atom stereocenters. The highest BCUT2D eigenvalue weighted by molar-refractivity contribution is 8.44. The van der Waals surface area contributed by atoms with Gasteiger partial charge in [-0.2, -0.15) is 9.67 Å². The van der Waals surface area contributed by atoms with Crippen LogP contribution in [0.15, 0.2) is 33.8 Å². The molecule has 23 heteroatoms. The average Bonchev–Trinajstić information content (AvgIpc) is 3.69. The first-order valence-electron chi connectivity index (χ1n) is 11.8. The molecule has 2 aliphatic heterocycles. The van der Waals surface area contributed by atoms with E-state index in [2.05, 4.69) is 47.5 Å². The van der Waals surface area contributed by atoms with E-state index >= 15 is 4.39 Å². The van der Waals surface area contributed by atoms with Crippen molar-refractivity contribution in [2.75, 3.05) is 18.9 Å². The van der Waals surface area contributed by atoms with Gasteiger partial charge in [0.15, 0.2) is 46.2 Å². The number of nitrogens with one attached hydrogen (secondary N) is 2. The van der Waals surface area contributed by atoms with Gasteiger partial charge in [-0.25, -0.2) is 23.3 Å². The summed E-state index contributed by atoms with van der Waals surface area (Å²) in [6.07, 6.45) is -8.55. The normalized spacial score (nSPS) is 27.6. The summed E-state index contributed by atoms with van der Waals surface area (Å²) in [5.74, 6) is -1.77. The lowest BCUT2D eigenvalue weighted by atomic mass is 10.1. The van der Waals surface area contributed by atoms with E-state index in [9.17, 15) is 28.8 Å². The Hall–Kier alpha value is -3.95.